The van der Waals surface area contributed by atoms with Gasteiger partial charge in [-0.05, 0) is 67.3 Å². The van der Waals surface area contributed by atoms with Crippen molar-refractivity contribution in [2.24, 2.45) is 0 Å². The van der Waals surface area contributed by atoms with Gasteiger partial charge in [-0.2, -0.15) is 0 Å². The number of rotatable bonds is 9. The molecule has 0 bridgehead atoms. The average Bonchev–Trinajstić information content (AvgIpc) is 3.27. The first-order valence-electron chi connectivity index (χ1n) is 11.8. The van der Waals surface area contributed by atoms with Crippen LogP contribution in [0.2, 0.25) is 5.02 Å². The maximum absolute atomic E-state index is 13.3. The second-order valence-electron chi connectivity index (χ2n) is 9.12. The number of fused-ring (bicyclic) bond motifs is 2. The van der Waals surface area contributed by atoms with E-state index in [0.29, 0.717) is 22.5 Å². The average molecular weight is 529 g/mol. The third-order valence-electron chi connectivity index (χ3n) is 6.53. The summed E-state index contributed by atoms with van der Waals surface area (Å²) in [6.07, 6.45) is -2.56. The molecule has 196 valence electrons. The van der Waals surface area contributed by atoms with E-state index in [2.05, 4.69) is 15.3 Å². The van der Waals surface area contributed by atoms with Gasteiger partial charge in [0, 0.05) is 28.7 Å². The van der Waals surface area contributed by atoms with Crippen LogP contribution in [0.4, 0.5) is 0 Å². The summed E-state index contributed by atoms with van der Waals surface area (Å²) in [7, 11) is 0. The van der Waals surface area contributed by atoms with Crippen LogP contribution in [0.1, 0.15) is 27.2 Å². The van der Waals surface area contributed by atoms with Crippen molar-refractivity contribution in [3.63, 3.8) is 0 Å². The molecule has 6 N–H and O–H groups in total. The second kappa shape index (κ2) is 11.0. The normalized spacial score (nSPS) is 14.1. The first-order valence-corrected chi connectivity index (χ1v) is 12.2. The Hall–Kier alpha value is -3.28. The number of benzene rings is 2. The fraction of sp³-hybridized carbons (Fsp3) is 0.346. The molecule has 3 atom stereocenters. The lowest BCUT2D eigenvalue weighted by atomic mass is 10.1. The molecule has 0 fully saturated rings. The molecule has 0 saturated heterocycles. The minimum absolute atomic E-state index is 0.231. The van der Waals surface area contributed by atoms with Crippen molar-refractivity contribution >= 4 is 39.4 Å². The van der Waals surface area contributed by atoms with Gasteiger partial charge < -0.3 is 35.3 Å². The zero-order valence-electron chi connectivity index (χ0n) is 20.4. The van der Waals surface area contributed by atoms with Crippen molar-refractivity contribution in [3.8, 4) is 0 Å². The highest BCUT2D eigenvalue weighted by atomic mass is 35.5. The van der Waals surface area contributed by atoms with E-state index in [9.17, 15) is 24.9 Å². The molecule has 0 radical (unpaired) electrons. The number of aromatic nitrogens is 3. The first-order chi connectivity index (χ1) is 17.6. The van der Waals surface area contributed by atoms with Crippen molar-refractivity contribution in [2.45, 2.75) is 45.1 Å². The van der Waals surface area contributed by atoms with E-state index in [0.717, 1.165) is 32.2 Å². The van der Waals surface area contributed by atoms with Crippen LogP contribution in [0.5, 0.6) is 0 Å². The van der Waals surface area contributed by atoms with Gasteiger partial charge in [0.15, 0.2) is 5.69 Å². The van der Waals surface area contributed by atoms with Gasteiger partial charge in [-0.3, -0.25) is 9.59 Å². The van der Waals surface area contributed by atoms with Crippen LogP contribution in [0, 0.1) is 13.8 Å². The Morgan fingerprint density at radius 2 is 1.86 bits per heavy atom. The summed E-state index contributed by atoms with van der Waals surface area (Å²) >= 11 is 6.11. The summed E-state index contributed by atoms with van der Waals surface area (Å²) < 4.78 is 1.16. The lowest BCUT2D eigenvalue weighted by Gasteiger charge is -2.23. The maximum Gasteiger partial charge on any atom is 0.282 e. The Morgan fingerprint density at radius 1 is 1.14 bits per heavy atom. The van der Waals surface area contributed by atoms with Crippen molar-refractivity contribution in [3.05, 3.63) is 74.3 Å². The van der Waals surface area contributed by atoms with E-state index in [1.807, 2.05) is 32.2 Å². The van der Waals surface area contributed by atoms with Crippen LogP contribution in [0.25, 0.3) is 21.9 Å². The van der Waals surface area contributed by atoms with Crippen molar-refractivity contribution in [2.75, 3.05) is 13.2 Å². The third kappa shape index (κ3) is 5.53. The van der Waals surface area contributed by atoms with Gasteiger partial charge in [-0.1, -0.05) is 11.6 Å². The highest BCUT2D eigenvalue weighted by molar-refractivity contribution is 6.31. The highest BCUT2D eigenvalue weighted by Gasteiger charge is 2.27. The molecule has 0 aliphatic rings. The lowest BCUT2D eigenvalue weighted by molar-refractivity contribution is -0.0805. The molecular formula is C26H29ClN4O6. The maximum atomic E-state index is 13.3. The summed E-state index contributed by atoms with van der Waals surface area (Å²) in [5.41, 5.74) is 3.25. The van der Waals surface area contributed by atoms with Gasteiger partial charge >= 0.3 is 0 Å². The van der Waals surface area contributed by atoms with Crippen LogP contribution in [0.15, 0.2) is 41.3 Å². The van der Waals surface area contributed by atoms with Crippen molar-refractivity contribution in [1.82, 2.24) is 19.9 Å². The van der Waals surface area contributed by atoms with Gasteiger partial charge in [-0.25, -0.2) is 4.98 Å². The standard InChI is InChI=1S/C26H29ClN4O6/c1-13-7-19-20(8-14(13)2)31(11-21(33)24(35)22(34)12-32)26(37)23(30-19)25(36)28-6-5-15-10-29-18-4-3-16(27)9-17(15)18/h3-4,7-10,21-22,24,29,32-35H,5-6,11-12H2,1-2H3,(H,28,36). The summed E-state index contributed by atoms with van der Waals surface area (Å²) in [5.74, 6) is -0.679. The summed E-state index contributed by atoms with van der Waals surface area (Å²) in [6.45, 7) is 2.76. The predicted molar refractivity (Wildman–Crippen MR) is 140 cm³/mol. The molecule has 4 aromatic rings. The number of nitrogens with one attached hydrogen (secondary N) is 2. The van der Waals surface area contributed by atoms with Crippen LogP contribution in [-0.4, -0.2) is 72.3 Å². The number of amides is 1. The first kappa shape index (κ1) is 26.8. The largest absolute Gasteiger partial charge is 0.394 e. The second-order valence-corrected chi connectivity index (χ2v) is 9.56. The van der Waals surface area contributed by atoms with Crippen LogP contribution < -0.4 is 10.9 Å². The van der Waals surface area contributed by atoms with Gasteiger partial charge in [0.1, 0.15) is 18.3 Å². The van der Waals surface area contributed by atoms with E-state index in [1.165, 1.54) is 0 Å². The zero-order chi connectivity index (χ0) is 26.9. The number of hydrogen-bond acceptors (Lipinski definition) is 7. The van der Waals surface area contributed by atoms with Gasteiger partial charge in [0.25, 0.3) is 11.5 Å². The van der Waals surface area contributed by atoms with Gasteiger partial charge in [-0.15, -0.1) is 0 Å². The van der Waals surface area contributed by atoms with E-state index in [-0.39, 0.29) is 12.2 Å². The number of carbonyl (C=O) groups is 1. The fourth-order valence-electron chi connectivity index (χ4n) is 4.24. The number of aryl methyl sites for hydroxylation is 2. The third-order valence-corrected chi connectivity index (χ3v) is 6.77. The Morgan fingerprint density at radius 3 is 2.59 bits per heavy atom. The minimum Gasteiger partial charge on any atom is -0.394 e. The zero-order valence-corrected chi connectivity index (χ0v) is 21.2. The molecule has 0 aliphatic heterocycles. The molecule has 2 heterocycles. The summed E-state index contributed by atoms with van der Waals surface area (Å²) in [4.78, 5) is 33.8. The van der Waals surface area contributed by atoms with E-state index < -0.39 is 42.9 Å². The number of halogens is 1. The molecule has 0 aliphatic carbocycles. The molecule has 0 spiro atoms. The highest BCUT2D eigenvalue weighted by Crippen LogP contribution is 2.23. The minimum atomic E-state index is -1.70. The number of H-pyrrole nitrogens is 1. The topological polar surface area (TPSA) is 161 Å². The summed E-state index contributed by atoms with van der Waals surface area (Å²) in [5, 5.41) is 43.6. The Bertz CT molecular complexity index is 1510. The molecule has 2 aromatic carbocycles. The number of hydrogen-bond donors (Lipinski definition) is 6. The van der Waals surface area contributed by atoms with Gasteiger partial charge in [0.05, 0.1) is 24.2 Å². The summed E-state index contributed by atoms with van der Waals surface area (Å²) in [6, 6.07) is 8.94. The molecule has 37 heavy (non-hydrogen) atoms. The molecular weight excluding hydrogens is 500 g/mol. The molecule has 4 rings (SSSR count). The number of aliphatic hydroxyl groups excluding tert-OH is 4. The van der Waals surface area contributed by atoms with Crippen molar-refractivity contribution < 1.29 is 25.2 Å². The Balaban J connectivity index is 1.62. The molecule has 11 heteroatoms. The van der Waals surface area contributed by atoms with E-state index >= 15 is 0 Å². The number of carbonyl (C=O) groups excluding carboxylic acids is 1. The number of aromatic amines is 1. The van der Waals surface area contributed by atoms with Gasteiger partial charge in [0.2, 0.25) is 0 Å². The van der Waals surface area contributed by atoms with Crippen LogP contribution >= 0.6 is 11.6 Å². The number of nitrogens with zero attached hydrogens (tertiary/aromatic N) is 2. The fourth-order valence-corrected chi connectivity index (χ4v) is 4.41. The quantitative estimate of drug-likeness (QED) is 0.190. The van der Waals surface area contributed by atoms with Crippen LogP contribution in [0.3, 0.4) is 0 Å². The molecule has 2 aromatic heterocycles. The predicted octanol–water partition coefficient (Wildman–Crippen LogP) is 1.20. The SMILES string of the molecule is Cc1cc2nc(C(=O)NCCc3c[nH]c4ccc(Cl)cc34)c(=O)n(CC(O)C(O)C(O)CO)c2cc1C. The monoisotopic (exact) mass is 528 g/mol. The smallest absolute Gasteiger partial charge is 0.282 e. The molecule has 3 unspecified atom stereocenters. The molecule has 0 saturated carbocycles. The molecule has 10 nitrogen and oxygen atoms in total. The Kier molecular flexibility index (Phi) is 7.96. The van der Waals surface area contributed by atoms with Crippen molar-refractivity contribution in [1.29, 1.82) is 0 Å². The molecule has 1 amide bonds. The van der Waals surface area contributed by atoms with E-state index in [4.69, 9.17) is 16.7 Å². The number of aliphatic hydroxyl groups is 4. The lowest BCUT2D eigenvalue weighted by Crippen LogP contribution is -2.44. The van der Waals surface area contributed by atoms with Crippen LogP contribution in [-0.2, 0) is 13.0 Å². The van der Waals surface area contributed by atoms with E-state index in [1.54, 1.807) is 18.2 Å². The Labute approximate surface area is 217 Å².